The van der Waals surface area contributed by atoms with Crippen molar-refractivity contribution >= 4 is 23.4 Å². The third kappa shape index (κ3) is 4.66. The molecular weight excluding hydrogens is 368 g/mol. The Kier molecular flexibility index (Phi) is 5.80. The highest BCUT2D eigenvalue weighted by atomic mass is 35.5. The SMILES string of the molecule is C#CCCC1(CCNC(=O)[C@H]2CCC[C@H]2NC(=O)c2nn(C)cc2Cl)N=N1. The highest BCUT2D eigenvalue weighted by Crippen LogP contribution is 2.36. The van der Waals surface area contributed by atoms with Crippen LogP contribution in [0.4, 0.5) is 0 Å². The van der Waals surface area contributed by atoms with Gasteiger partial charge < -0.3 is 10.6 Å². The summed E-state index contributed by atoms with van der Waals surface area (Å²) in [6.07, 6.45) is 11.2. The van der Waals surface area contributed by atoms with Gasteiger partial charge in [0.1, 0.15) is 0 Å². The molecule has 1 aromatic heterocycles. The Hall–Kier alpha value is -2.40. The minimum absolute atomic E-state index is 0.0577. The van der Waals surface area contributed by atoms with E-state index in [-0.39, 0.29) is 29.5 Å². The van der Waals surface area contributed by atoms with Crippen molar-refractivity contribution in [1.29, 1.82) is 0 Å². The molecule has 27 heavy (non-hydrogen) atoms. The second kappa shape index (κ2) is 8.09. The van der Waals surface area contributed by atoms with Crippen LogP contribution in [0.15, 0.2) is 16.4 Å². The number of rotatable bonds is 8. The summed E-state index contributed by atoms with van der Waals surface area (Å²) in [5.74, 6) is 1.92. The number of aryl methyl sites for hydroxylation is 1. The van der Waals surface area contributed by atoms with Crippen LogP contribution in [0.1, 0.15) is 49.0 Å². The maximum Gasteiger partial charge on any atom is 0.273 e. The Morgan fingerprint density at radius 3 is 2.81 bits per heavy atom. The van der Waals surface area contributed by atoms with Gasteiger partial charge >= 0.3 is 0 Å². The molecule has 9 heteroatoms. The zero-order chi connectivity index (χ0) is 19.4. The lowest BCUT2D eigenvalue weighted by Gasteiger charge is -2.20. The average molecular weight is 391 g/mol. The van der Waals surface area contributed by atoms with Crippen molar-refractivity contribution < 1.29 is 9.59 Å². The van der Waals surface area contributed by atoms with Crippen molar-refractivity contribution in [3.05, 3.63) is 16.9 Å². The van der Waals surface area contributed by atoms with Crippen molar-refractivity contribution in [3.63, 3.8) is 0 Å². The minimum Gasteiger partial charge on any atom is -0.356 e. The van der Waals surface area contributed by atoms with Gasteiger partial charge in [-0.05, 0) is 12.8 Å². The van der Waals surface area contributed by atoms with Gasteiger partial charge in [-0.1, -0.05) is 18.0 Å². The van der Waals surface area contributed by atoms with Gasteiger partial charge in [0.05, 0.1) is 10.9 Å². The van der Waals surface area contributed by atoms with Gasteiger partial charge in [0, 0.05) is 45.1 Å². The quantitative estimate of drug-likeness (QED) is 0.664. The van der Waals surface area contributed by atoms with Crippen molar-refractivity contribution in [2.75, 3.05) is 6.54 Å². The molecule has 1 aliphatic carbocycles. The Balaban J connectivity index is 1.49. The number of nitrogens with zero attached hydrogens (tertiary/aromatic N) is 4. The summed E-state index contributed by atoms with van der Waals surface area (Å²) in [6.45, 7) is 0.486. The van der Waals surface area contributed by atoms with E-state index in [2.05, 4.69) is 31.9 Å². The molecule has 1 aliphatic heterocycles. The van der Waals surface area contributed by atoms with Crippen molar-refractivity contribution in [3.8, 4) is 12.3 Å². The number of carbonyl (C=O) groups is 2. The number of hydrogen-bond acceptors (Lipinski definition) is 5. The van der Waals surface area contributed by atoms with E-state index in [9.17, 15) is 9.59 Å². The number of aromatic nitrogens is 2. The van der Waals surface area contributed by atoms with E-state index in [1.165, 1.54) is 4.68 Å². The maximum absolute atomic E-state index is 12.6. The molecule has 144 valence electrons. The summed E-state index contributed by atoms with van der Waals surface area (Å²) in [7, 11) is 1.70. The highest BCUT2D eigenvalue weighted by Gasteiger charge is 2.39. The van der Waals surface area contributed by atoms with Crippen molar-refractivity contribution in [1.82, 2.24) is 20.4 Å². The van der Waals surface area contributed by atoms with E-state index >= 15 is 0 Å². The number of amides is 2. The zero-order valence-electron chi connectivity index (χ0n) is 15.2. The number of halogens is 1. The molecule has 0 aromatic carbocycles. The van der Waals surface area contributed by atoms with Crippen molar-refractivity contribution in [2.45, 2.75) is 50.2 Å². The molecule has 2 amide bonds. The Bertz CT molecular complexity index is 790. The van der Waals surface area contributed by atoms with Gasteiger partial charge in [0.15, 0.2) is 11.4 Å². The molecule has 8 nitrogen and oxygen atoms in total. The van der Waals surface area contributed by atoms with Gasteiger partial charge in [-0.2, -0.15) is 15.3 Å². The first-order valence-electron chi connectivity index (χ1n) is 9.09. The monoisotopic (exact) mass is 390 g/mol. The van der Waals surface area contributed by atoms with Crippen LogP contribution in [0.25, 0.3) is 0 Å². The van der Waals surface area contributed by atoms with Crippen LogP contribution >= 0.6 is 11.6 Å². The first-order chi connectivity index (χ1) is 12.9. The molecule has 0 radical (unpaired) electrons. The smallest absolute Gasteiger partial charge is 0.273 e. The van der Waals surface area contributed by atoms with E-state index < -0.39 is 5.66 Å². The van der Waals surface area contributed by atoms with Gasteiger partial charge in [0.25, 0.3) is 5.91 Å². The summed E-state index contributed by atoms with van der Waals surface area (Å²) >= 11 is 6.02. The van der Waals surface area contributed by atoms with E-state index in [4.69, 9.17) is 18.0 Å². The first kappa shape index (κ1) is 19.4. The molecule has 0 spiro atoms. The van der Waals surface area contributed by atoms with Crippen LogP contribution in [-0.4, -0.2) is 39.8 Å². The molecule has 3 rings (SSSR count). The molecular formula is C18H23ClN6O2. The Labute approximate surface area is 163 Å². The van der Waals surface area contributed by atoms with E-state index in [0.29, 0.717) is 30.8 Å². The summed E-state index contributed by atoms with van der Waals surface area (Å²) in [5.41, 5.74) is -0.226. The van der Waals surface area contributed by atoms with Crippen LogP contribution in [0.5, 0.6) is 0 Å². The predicted octanol–water partition coefficient (Wildman–Crippen LogP) is 2.05. The standard InChI is InChI=1S/C18H23ClN6O2/c1-3-4-8-18(23-24-18)9-10-20-16(26)12-6-5-7-14(12)21-17(27)15-13(19)11-25(2)22-15/h1,11-12,14H,4-10H2,2H3,(H,20,26)(H,21,27)/t12-,14+/m0/s1. The number of terminal acetylenes is 1. The summed E-state index contributed by atoms with van der Waals surface area (Å²) in [6, 6.07) is -0.221. The van der Waals surface area contributed by atoms with Crippen molar-refractivity contribution in [2.24, 2.45) is 23.2 Å². The number of hydrogen-bond donors (Lipinski definition) is 2. The largest absolute Gasteiger partial charge is 0.356 e. The van der Waals surface area contributed by atoms with Crippen LogP contribution in [0.3, 0.4) is 0 Å². The summed E-state index contributed by atoms with van der Waals surface area (Å²) in [4.78, 5) is 25.0. The van der Waals surface area contributed by atoms with Gasteiger partial charge in [-0.25, -0.2) is 0 Å². The average Bonchev–Trinajstić information content (AvgIpc) is 3.08. The zero-order valence-corrected chi connectivity index (χ0v) is 16.0. The summed E-state index contributed by atoms with van der Waals surface area (Å²) < 4.78 is 1.49. The lowest BCUT2D eigenvalue weighted by Crippen LogP contribution is -2.44. The van der Waals surface area contributed by atoms with Crippen LogP contribution in [0, 0.1) is 18.3 Å². The Morgan fingerprint density at radius 1 is 1.41 bits per heavy atom. The molecule has 2 aliphatic rings. The fourth-order valence-corrected chi connectivity index (χ4v) is 3.75. The highest BCUT2D eigenvalue weighted by molar-refractivity contribution is 6.33. The maximum atomic E-state index is 12.6. The minimum atomic E-state index is -0.404. The fourth-order valence-electron chi connectivity index (χ4n) is 3.48. The lowest BCUT2D eigenvalue weighted by molar-refractivity contribution is -0.125. The fraction of sp³-hybridized carbons (Fsp3) is 0.611. The van der Waals surface area contributed by atoms with Gasteiger partial charge in [-0.3, -0.25) is 14.3 Å². The van der Waals surface area contributed by atoms with E-state index in [1.807, 2.05) is 0 Å². The van der Waals surface area contributed by atoms with E-state index in [0.717, 1.165) is 19.3 Å². The third-order valence-corrected chi connectivity index (χ3v) is 5.32. The first-order valence-corrected chi connectivity index (χ1v) is 9.47. The molecule has 2 N–H and O–H groups in total. The normalized spacial score (nSPS) is 22.3. The Morgan fingerprint density at radius 2 is 2.19 bits per heavy atom. The van der Waals surface area contributed by atoms with Crippen LogP contribution < -0.4 is 10.6 Å². The number of carbonyl (C=O) groups excluding carboxylic acids is 2. The molecule has 2 atom stereocenters. The number of nitrogens with one attached hydrogen (secondary N) is 2. The predicted molar refractivity (Wildman–Crippen MR) is 100 cm³/mol. The topological polar surface area (TPSA) is 101 Å². The second-order valence-electron chi connectivity index (χ2n) is 7.04. The molecule has 1 aromatic rings. The molecule has 1 fully saturated rings. The van der Waals surface area contributed by atoms with Crippen LogP contribution in [-0.2, 0) is 11.8 Å². The third-order valence-electron chi connectivity index (χ3n) is 5.05. The van der Waals surface area contributed by atoms with Crippen LogP contribution in [0.2, 0.25) is 5.02 Å². The molecule has 0 saturated heterocycles. The van der Waals surface area contributed by atoms with Gasteiger partial charge in [0.2, 0.25) is 5.91 Å². The molecule has 1 saturated carbocycles. The summed E-state index contributed by atoms with van der Waals surface area (Å²) in [5, 5.41) is 18.3. The molecule has 2 heterocycles. The van der Waals surface area contributed by atoms with Gasteiger partial charge in [-0.15, -0.1) is 12.3 Å². The second-order valence-corrected chi connectivity index (χ2v) is 7.45. The molecule has 0 unspecified atom stereocenters. The van der Waals surface area contributed by atoms with E-state index in [1.54, 1.807) is 13.2 Å². The lowest BCUT2D eigenvalue weighted by atomic mass is 10.0. The molecule has 0 bridgehead atoms.